The highest BCUT2D eigenvalue weighted by Crippen LogP contribution is 2.18. The van der Waals surface area contributed by atoms with Gasteiger partial charge in [0.15, 0.2) is 0 Å². The van der Waals surface area contributed by atoms with Crippen LogP contribution in [0.25, 0.3) is 0 Å². The van der Waals surface area contributed by atoms with E-state index in [1.807, 2.05) is 30.0 Å². The molecule has 23 heavy (non-hydrogen) atoms. The molecule has 1 aliphatic rings. The van der Waals surface area contributed by atoms with Crippen LogP contribution in [-0.2, 0) is 0 Å². The Morgan fingerprint density at radius 2 is 1.87 bits per heavy atom. The van der Waals surface area contributed by atoms with Crippen molar-refractivity contribution in [1.29, 1.82) is 0 Å². The van der Waals surface area contributed by atoms with E-state index in [1.54, 1.807) is 24.3 Å². The molecule has 0 saturated carbocycles. The van der Waals surface area contributed by atoms with Crippen molar-refractivity contribution in [2.45, 2.75) is 25.8 Å². The summed E-state index contributed by atoms with van der Waals surface area (Å²) in [5, 5.41) is 4.11. The number of piperidine rings is 1. The Labute approximate surface area is 141 Å². The topological polar surface area (TPSA) is 45.2 Å². The minimum Gasteiger partial charge on any atom is -0.367 e. The number of halogens is 1. The van der Waals surface area contributed by atoms with E-state index in [0.717, 1.165) is 37.4 Å². The zero-order chi connectivity index (χ0) is 16.2. The largest absolute Gasteiger partial charge is 0.367 e. The summed E-state index contributed by atoms with van der Waals surface area (Å²) in [6, 6.07) is 13.4. The van der Waals surface area contributed by atoms with Gasteiger partial charge in [0.1, 0.15) is 5.82 Å². The maximum atomic E-state index is 12.5. The molecule has 0 bridgehead atoms. The molecule has 0 spiro atoms. The quantitative estimate of drug-likeness (QED) is 0.932. The average molecular weight is 330 g/mol. The van der Waals surface area contributed by atoms with Crippen LogP contribution in [0.3, 0.4) is 0 Å². The number of aromatic nitrogens is 1. The van der Waals surface area contributed by atoms with E-state index < -0.39 is 0 Å². The van der Waals surface area contributed by atoms with E-state index in [2.05, 4.69) is 10.3 Å². The van der Waals surface area contributed by atoms with E-state index in [9.17, 15) is 4.79 Å². The number of hydrogen-bond donors (Lipinski definition) is 1. The van der Waals surface area contributed by atoms with Crippen LogP contribution in [0.1, 0.15) is 28.9 Å². The lowest BCUT2D eigenvalue weighted by Crippen LogP contribution is -2.42. The van der Waals surface area contributed by atoms with Gasteiger partial charge in [0.25, 0.3) is 5.91 Å². The molecule has 0 atom stereocenters. The highest BCUT2D eigenvalue weighted by molar-refractivity contribution is 6.30. The average Bonchev–Trinajstić information content (AvgIpc) is 2.56. The van der Waals surface area contributed by atoms with Crippen molar-refractivity contribution in [1.82, 2.24) is 9.88 Å². The van der Waals surface area contributed by atoms with Crippen molar-refractivity contribution in [3.8, 4) is 0 Å². The van der Waals surface area contributed by atoms with E-state index in [-0.39, 0.29) is 5.91 Å². The Bertz CT molecular complexity index is 679. The van der Waals surface area contributed by atoms with Gasteiger partial charge in [-0.1, -0.05) is 17.7 Å². The van der Waals surface area contributed by atoms with Gasteiger partial charge in [0.05, 0.1) is 0 Å². The summed E-state index contributed by atoms with van der Waals surface area (Å²) >= 11 is 5.87. The standard InChI is InChI=1S/C18H20ClN3O/c1-13-3-2-4-17(20-13)21-16-9-11-22(12-10-16)18(23)14-5-7-15(19)8-6-14/h2-8,16H,9-12H2,1H3,(H,20,21). The number of aryl methyl sites for hydroxylation is 1. The first-order chi connectivity index (χ1) is 11.1. The minimum absolute atomic E-state index is 0.0776. The molecule has 120 valence electrons. The van der Waals surface area contributed by atoms with E-state index in [4.69, 9.17) is 11.6 Å². The number of nitrogens with one attached hydrogen (secondary N) is 1. The van der Waals surface area contributed by atoms with Crippen molar-refractivity contribution in [3.63, 3.8) is 0 Å². The molecule has 1 saturated heterocycles. The number of carbonyl (C=O) groups excluding carboxylic acids is 1. The normalized spacial score (nSPS) is 15.5. The fourth-order valence-electron chi connectivity index (χ4n) is 2.83. The highest BCUT2D eigenvalue weighted by Gasteiger charge is 2.23. The SMILES string of the molecule is Cc1cccc(NC2CCN(C(=O)c3ccc(Cl)cc3)CC2)n1. The minimum atomic E-state index is 0.0776. The molecule has 0 radical (unpaired) electrons. The van der Waals surface area contributed by atoms with Crippen LogP contribution in [0.5, 0.6) is 0 Å². The van der Waals surface area contributed by atoms with Crippen LogP contribution in [-0.4, -0.2) is 34.9 Å². The first kappa shape index (κ1) is 15.8. The Morgan fingerprint density at radius 1 is 1.17 bits per heavy atom. The number of hydrogen-bond acceptors (Lipinski definition) is 3. The van der Waals surface area contributed by atoms with Gasteiger partial charge in [-0.2, -0.15) is 0 Å². The van der Waals surface area contributed by atoms with Crippen molar-refractivity contribution in [3.05, 3.63) is 58.7 Å². The Morgan fingerprint density at radius 3 is 2.52 bits per heavy atom. The maximum absolute atomic E-state index is 12.5. The number of likely N-dealkylation sites (tertiary alicyclic amines) is 1. The fraction of sp³-hybridized carbons (Fsp3) is 0.333. The Kier molecular flexibility index (Phi) is 4.82. The maximum Gasteiger partial charge on any atom is 0.253 e. The zero-order valence-corrected chi connectivity index (χ0v) is 13.9. The molecule has 5 heteroatoms. The molecule has 0 unspecified atom stereocenters. The molecule has 1 amide bonds. The molecule has 4 nitrogen and oxygen atoms in total. The lowest BCUT2D eigenvalue weighted by molar-refractivity contribution is 0.0718. The molecule has 2 aromatic rings. The van der Waals surface area contributed by atoms with Crippen LogP contribution < -0.4 is 5.32 Å². The number of amides is 1. The number of anilines is 1. The predicted octanol–water partition coefficient (Wildman–Crippen LogP) is 3.76. The summed E-state index contributed by atoms with van der Waals surface area (Å²) in [5.41, 5.74) is 1.70. The van der Waals surface area contributed by atoms with Gasteiger partial charge < -0.3 is 10.2 Å². The van der Waals surface area contributed by atoms with Crippen LogP contribution in [0.15, 0.2) is 42.5 Å². The van der Waals surface area contributed by atoms with Crippen molar-refractivity contribution >= 4 is 23.3 Å². The lowest BCUT2D eigenvalue weighted by atomic mass is 10.0. The van der Waals surface area contributed by atoms with Crippen LogP contribution >= 0.6 is 11.6 Å². The summed E-state index contributed by atoms with van der Waals surface area (Å²) in [4.78, 5) is 18.9. The van der Waals surface area contributed by atoms with Gasteiger partial charge in [-0.25, -0.2) is 4.98 Å². The fourth-order valence-corrected chi connectivity index (χ4v) is 2.96. The van der Waals surface area contributed by atoms with Crippen LogP contribution in [0.2, 0.25) is 5.02 Å². The third kappa shape index (κ3) is 4.02. The first-order valence-electron chi connectivity index (χ1n) is 7.87. The second-order valence-corrected chi connectivity index (χ2v) is 6.32. The molecule has 1 N–H and O–H groups in total. The molecular formula is C18H20ClN3O. The smallest absolute Gasteiger partial charge is 0.253 e. The van der Waals surface area contributed by atoms with Gasteiger partial charge >= 0.3 is 0 Å². The van der Waals surface area contributed by atoms with Gasteiger partial charge in [-0.15, -0.1) is 0 Å². The zero-order valence-electron chi connectivity index (χ0n) is 13.1. The molecule has 1 aromatic carbocycles. The number of nitrogens with zero attached hydrogens (tertiary/aromatic N) is 2. The predicted molar refractivity (Wildman–Crippen MR) is 93.0 cm³/mol. The third-order valence-corrected chi connectivity index (χ3v) is 4.37. The Hall–Kier alpha value is -2.07. The van der Waals surface area contributed by atoms with Gasteiger partial charge in [0, 0.05) is 35.4 Å². The molecule has 1 fully saturated rings. The number of benzene rings is 1. The lowest BCUT2D eigenvalue weighted by Gasteiger charge is -2.32. The highest BCUT2D eigenvalue weighted by atomic mass is 35.5. The van der Waals surface area contributed by atoms with Gasteiger partial charge in [-0.3, -0.25) is 4.79 Å². The second-order valence-electron chi connectivity index (χ2n) is 5.88. The molecule has 0 aliphatic carbocycles. The van der Waals surface area contributed by atoms with Gasteiger partial charge in [0.2, 0.25) is 0 Å². The van der Waals surface area contributed by atoms with E-state index in [0.29, 0.717) is 16.6 Å². The Balaban J connectivity index is 1.55. The first-order valence-corrected chi connectivity index (χ1v) is 8.24. The second kappa shape index (κ2) is 7.01. The summed E-state index contributed by atoms with van der Waals surface area (Å²) in [6.07, 6.45) is 1.85. The third-order valence-electron chi connectivity index (χ3n) is 4.11. The summed E-state index contributed by atoms with van der Waals surface area (Å²) in [7, 11) is 0. The van der Waals surface area contributed by atoms with Crippen molar-refractivity contribution < 1.29 is 4.79 Å². The van der Waals surface area contributed by atoms with E-state index in [1.165, 1.54) is 0 Å². The van der Waals surface area contributed by atoms with Crippen LogP contribution in [0.4, 0.5) is 5.82 Å². The van der Waals surface area contributed by atoms with Crippen LogP contribution in [0, 0.1) is 6.92 Å². The summed E-state index contributed by atoms with van der Waals surface area (Å²) in [5.74, 6) is 0.987. The number of carbonyl (C=O) groups is 1. The molecule has 1 aromatic heterocycles. The van der Waals surface area contributed by atoms with Gasteiger partial charge in [-0.05, 0) is 56.2 Å². The number of rotatable bonds is 3. The van der Waals surface area contributed by atoms with E-state index >= 15 is 0 Å². The van der Waals surface area contributed by atoms with Crippen molar-refractivity contribution in [2.24, 2.45) is 0 Å². The molecule has 2 heterocycles. The summed E-state index contributed by atoms with van der Waals surface area (Å²) in [6.45, 7) is 3.49. The van der Waals surface area contributed by atoms with Crippen molar-refractivity contribution in [2.75, 3.05) is 18.4 Å². The molecule has 3 rings (SSSR count). The molecular weight excluding hydrogens is 310 g/mol. The summed E-state index contributed by atoms with van der Waals surface area (Å²) < 4.78 is 0. The molecule has 1 aliphatic heterocycles. The number of pyridine rings is 1. The monoisotopic (exact) mass is 329 g/mol.